The van der Waals surface area contributed by atoms with Crippen molar-refractivity contribution >= 4 is 8.80 Å². The van der Waals surface area contributed by atoms with Crippen molar-refractivity contribution in [3.8, 4) is 0 Å². The highest BCUT2D eigenvalue weighted by Gasteiger charge is 2.56. The zero-order valence-electron chi connectivity index (χ0n) is 8.92. The molecule has 16 heavy (non-hydrogen) atoms. The van der Waals surface area contributed by atoms with Crippen LogP contribution in [0.3, 0.4) is 0 Å². The fraction of sp³-hybridized carbons (Fsp3) is 1.00. The lowest BCUT2D eigenvalue weighted by molar-refractivity contribution is -0.0286. The second kappa shape index (κ2) is 6.47. The lowest BCUT2D eigenvalue weighted by atomic mass is 10.3. The maximum Gasteiger partial charge on any atom is 0.539 e. The molecule has 9 heteroatoms. The molecule has 0 amide bonds. The van der Waals surface area contributed by atoms with Crippen molar-refractivity contribution in [1.29, 1.82) is 0 Å². The van der Waals surface area contributed by atoms with E-state index < -0.39 is 33.4 Å². The van der Waals surface area contributed by atoms with E-state index in [2.05, 4.69) is 13.3 Å². The molecule has 0 fully saturated rings. The van der Waals surface area contributed by atoms with E-state index in [9.17, 15) is 22.0 Å². The van der Waals surface area contributed by atoms with Crippen molar-refractivity contribution in [3.63, 3.8) is 0 Å². The van der Waals surface area contributed by atoms with Crippen LogP contribution in [-0.4, -0.2) is 54.7 Å². The van der Waals surface area contributed by atoms with Crippen LogP contribution < -0.4 is 0 Å². The van der Waals surface area contributed by atoms with E-state index in [1.165, 1.54) is 0 Å². The minimum atomic E-state index is -4.11. The SMILES string of the molecule is CO[Si](OC)(OC)C(F)C(F)C(F)C(F)F. The molecule has 0 aliphatic carbocycles. The highest BCUT2D eigenvalue weighted by molar-refractivity contribution is 6.62. The second-order valence-electron chi connectivity index (χ2n) is 2.84. The Balaban J connectivity index is 4.80. The summed E-state index contributed by atoms with van der Waals surface area (Å²) in [4.78, 5) is 0. The molecule has 3 nitrogen and oxygen atoms in total. The van der Waals surface area contributed by atoms with Crippen LogP contribution in [0.15, 0.2) is 0 Å². The Bertz CT molecular complexity index is 196. The largest absolute Gasteiger partial charge is 0.539 e. The van der Waals surface area contributed by atoms with Gasteiger partial charge in [0, 0.05) is 21.3 Å². The smallest absolute Gasteiger partial charge is 0.375 e. The van der Waals surface area contributed by atoms with Gasteiger partial charge < -0.3 is 13.3 Å². The van der Waals surface area contributed by atoms with Gasteiger partial charge in [-0.3, -0.25) is 0 Å². The van der Waals surface area contributed by atoms with Gasteiger partial charge in [0.2, 0.25) is 5.79 Å². The first-order valence-electron chi connectivity index (χ1n) is 4.22. The fourth-order valence-electron chi connectivity index (χ4n) is 1.08. The predicted octanol–water partition coefficient (Wildman–Crippen LogP) is 1.68. The van der Waals surface area contributed by atoms with E-state index in [-0.39, 0.29) is 0 Å². The molecule has 0 saturated heterocycles. The van der Waals surface area contributed by atoms with Crippen molar-refractivity contribution in [1.82, 2.24) is 0 Å². The van der Waals surface area contributed by atoms with Crippen molar-refractivity contribution < 1.29 is 35.2 Å². The summed E-state index contributed by atoms with van der Waals surface area (Å²) < 4.78 is 76.4. The second-order valence-corrected chi connectivity index (χ2v) is 5.82. The highest BCUT2D eigenvalue weighted by Crippen LogP contribution is 2.26. The third kappa shape index (κ3) is 3.12. The summed E-state index contributed by atoms with van der Waals surface area (Å²) in [6, 6.07) is 0. The van der Waals surface area contributed by atoms with Crippen LogP contribution in [0.2, 0.25) is 0 Å². The van der Waals surface area contributed by atoms with Gasteiger partial charge >= 0.3 is 8.80 Å². The van der Waals surface area contributed by atoms with Gasteiger partial charge in [-0.15, -0.1) is 0 Å². The molecule has 0 N–H and O–H groups in total. The van der Waals surface area contributed by atoms with Crippen LogP contribution in [-0.2, 0) is 13.3 Å². The predicted molar refractivity (Wildman–Crippen MR) is 47.5 cm³/mol. The molecule has 3 atom stereocenters. The normalized spacial score (nSPS) is 18.6. The summed E-state index contributed by atoms with van der Waals surface area (Å²) in [7, 11) is -1.21. The molecule has 3 unspecified atom stereocenters. The first-order valence-corrected chi connectivity index (χ1v) is 6.02. The van der Waals surface area contributed by atoms with Crippen LogP contribution in [0.1, 0.15) is 0 Å². The van der Waals surface area contributed by atoms with Crippen molar-refractivity contribution in [2.45, 2.75) is 24.6 Å². The van der Waals surface area contributed by atoms with Gasteiger partial charge in [-0.25, -0.2) is 22.0 Å². The van der Waals surface area contributed by atoms with Crippen LogP contribution in [0.25, 0.3) is 0 Å². The molecule has 0 aromatic carbocycles. The summed E-state index contributed by atoms with van der Waals surface area (Å²) >= 11 is 0. The Morgan fingerprint density at radius 2 is 1.12 bits per heavy atom. The van der Waals surface area contributed by atoms with Crippen LogP contribution >= 0.6 is 0 Å². The zero-order valence-corrected chi connectivity index (χ0v) is 9.92. The maximum absolute atomic E-state index is 13.5. The molecular formula is C7H13F5O3Si. The van der Waals surface area contributed by atoms with E-state index in [1.54, 1.807) is 0 Å². The molecule has 0 aromatic rings. The average molecular weight is 268 g/mol. The Morgan fingerprint density at radius 3 is 1.38 bits per heavy atom. The lowest BCUT2D eigenvalue weighted by Crippen LogP contribution is -2.58. The van der Waals surface area contributed by atoms with E-state index >= 15 is 0 Å². The topological polar surface area (TPSA) is 27.7 Å². The maximum atomic E-state index is 13.5. The van der Waals surface area contributed by atoms with Crippen LogP contribution in [0.5, 0.6) is 0 Å². The van der Waals surface area contributed by atoms with E-state index in [1.807, 2.05) is 0 Å². The molecule has 0 radical (unpaired) electrons. The molecular weight excluding hydrogens is 255 g/mol. The van der Waals surface area contributed by atoms with Gasteiger partial charge in [0.15, 0.2) is 12.3 Å². The van der Waals surface area contributed by atoms with E-state index in [0.717, 1.165) is 21.3 Å². The Labute approximate surface area is 90.8 Å². The molecule has 0 heterocycles. The number of alkyl halides is 5. The summed E-state index contributed by atoms with van der Waals surface area (Å²) in [5.74, 6) is -2.71. The Hall–Kier alpha value is -0.253. The molecule has 0 aromatic heterocycles. The van der Waals surface area contributed by atoms with Gasteiger partial charge in [-0.1, -0.05) is 0 Å². The third-order valence-corrected chi connectivity index (χ3v) is 4.72. The molecule has 0 rings (SSSR count). The van der Waals surface area contributed by atoms with Crippen molar-refractivity contribution in [3.05, 3.63) is 0 Å². The zero-order chi connectivity index (χ0) is 12.9. The fourth-order valence-corrected chi connectivity index (χ4v) is 2.83. The summed E-state index contributed by atoms with van der Waals surface area (Å²) in [5, 5.41) is 0. The van der Waals surface area contributed by atoms with Gasteiger partial charge in [-0.05, 0) is 0 Å². The first-order chi connectivity index (χ1) is 7.36. The Kier molecular flexibility index (Phi) is 6.37. The number of halogens is 5. The number of hydrogen-bond donors (Lipinski definition) is 0. The van der Waals surface area contributed by atoms with Crippen LogP contribution in [0.4, 0.5) is 22.0 Å². The molecule has 0 bridgehead atoms. The van der Waals surface area contributed by atoms with Crippen molar-refractivity contribution in [2.75, 3.05) is 21.3 Å². The molecule has 0 saturated carbocycles. The number of rotatable bonds is 7. The summed E-state index contributed by atoms with van der Waals surface area (Å²) in [5.41, 5.74) is 0. The quantitative estimate of drug-likeness (QED) is 0.519. The average Bonchev–Trinajstić information content (AvgIpc) is 2.29. The summed E-state index contributed by atoms with van der Waals surface area (Å²) in [6.45, 7) is 0. The molecule has 0 aliphatic heterocycles. The summed E-state index contributed by atoms with van der Waals surface area (Å²) in [6.07, 6.45) is -9.93. The van der Waals surface area contributed by atoms with E-state index in [0.29, 0.717) is 0 Å². The monoisotopic (exact) mass is 268 g/mol. The third-order valence-electron chi connectivity index (χ3n) is 2.02. The minimum Gasteiger partial charge on any atom is -0.375 e. The molecule has 0 spiro atoms. The van der Waals surface area contributed by atoms with Gasteiger partial charge in [0.1, 0.15) is 0 Å². The van der Waals surface area contributed by atoms with Crippen molar-refractivity contribution in [2.24, 2.45) is 0 Å². The molecule has 98 valence electrons. The van der Waals surface area contributed by atoms with Crippen LogP contribution in [0, 0.1) is 0 Å². The standard InChI is InChI=1S/C7H13F5O3Si/c1-13-16(14-2,15-3)7(12)5(9)4(8)6(10)11/h4-7H,1-3H3. The van der Waals surface area contributed by atoms with Gasteiger partial charge in [0.25, 0.3) is 6.43 Å². The lowest BCUT2D eigenvalue weighted by Gasteiger charge is -2.29. The van der Waals surface area contributed by atoms with Gasteiger partial charge in [-0.2, -0.15) is 0 Å². The Morgan fingerprint density at radius 1 is 0.750 bits per heavy atom. The minimum absolute atomic E-state index is 0.966. The van der Waals surface area contributed by atoms with E-state index in [4.69, 9.17) is 0 Å². The molecule has 0 aliphatic rings. The number of hydrogen-bond acceptors (Lipinski definition) is 3. The first kappa shape index (κ1) is 15.7. The highest BCUT2D eigenvalue weighted by atomic mass is 28.4. The van der Waals surface area contributed by atoms with Gasteiger partial charge in [0.05, 0.1) is 0 Å².